The third-order valence-corrected chi connectivity index (χ3v) is 3.37. The normalized spacial score (nSPS) is 13.2. The van der Waals surface area contributed by atoms with Crippen molar-refractivity contribution in [1.29, 1.82) is 0 Å². The number of methoxy groups -OCH3 is 1. The zero-order valence-electron chi connectivity index (χ0n) is 7.50. The average molecular weight is 265 g/mol. The van der Waals surface area contributed by atoms with E-state index in [2.05, 4.69) is 15.9 Å². The Balaban J connectivity index is 2.31. The molecular weight excluding hydrogens is 252 g/mol. The van der Waals surface area contributed by atoms with E-state index in [1.54, 1.807) is 18.4 Å². The van der Waals surface area contributed by atoms with Crippen LogP contribution in [0.25, 0.3) is 0 Å². The maximum atomic E-state index is 9.55. The van der Waals surface area contributed by atoms with Crippen LogP contribution in [-0.4, -0.2) is 24.9 Å². The Hall–Kier alpha value is 0.1000. The average Bonchev–Trinajstić information content (AvgIpc) is 2.48. The van der Waals surface area contributed by atoms with E-state index in [0.717, 1.165) is 10.2 Å². The van der Waals surface area contributed by atoms with Gasteiger partial charge in [-0.3, -0.25) is 0 Å². The minimum Gasteiger partial charge on any atom is -0.393 e. The molecule has 0 bridgehead atoms. The topological polar surface area (TPSA) is 29.5 Å². The van der Waals surface area contributed by atoms with Gasteiger partial charge in [0.05, 0.1) is 9.89 Å². The largest absolute Gasteiger partial charge is 0.393 e. The smallest absolute Gasteiger partial charge is 0.0701 e. The van der Waals surface area contributed by atoms with E-state index in [4.69, 9.17) is 4.74 Å². The summed E-state index contributed by atoms with van der Waals surface area (Å²) in [5.41, 5.74) is 0. The molecule has 1 N–H and O–H groups in total. The van der Waals surface area contributed by atoms with Crippen molar-refractivity contribution in [2.75, 3.05) is 13.7 Å². The Morgan fingerprint density at radius 1 is 1.62 bits per heavy atom. The fraction of sp³-hybridized carbons (Fsp3) is 0.556. The summed E-state index contributed by atoms with van der Waals surface area (Å²) in [6.45, 7) is 0.619. The number of thiophene rings is 1. The first-order valence-corrected chi connectivity index (χ1v) is 5.74. The Kier molecular flexibility index (Phi) is 4.94. The highest BCUT2D eigenvalue weighted by atomic mass is 79.9. The molecule has 0 radical (unpaired) electrons. The third kappa shape index (κ3) is 4.22. The lowest BCUT2D eigenvalue weighted by molar-refractivity contribution is 0.110. The predicted molar refractivity (Wildman–Crippen MR) is 58.2 cm³/mol. The van der Waals surface area contributed by atoms with E-state index in [1.807, 2.05) is 12.1 Å². The molecule has 1 rings (SSSR count). The Morgan fingerprint density at radius 3 is 2.92 bits per heavy atom. The van der Waals surface area contributed by atoms with Crippen molar-refractivity contribution in [2.45, 2.75) is 18.9 Å². The molecule has 0 aromatic carbocycles. The van der Waals surface area contributed by atoms with Crippen LogP contribution in [0.2, 0.25) is 0 Å². The molecule has 1 atom stereocenters. The Bertz CT molecular complexity index is 250. The van der Waals surface area contributed by atoms with Crippen molar-refractivity contribution in [2.24, 2.45) is 0 Å². The minimum absolute atomic E-state index is 0.287. The summed E-state index contributed by atoms with van der Waals surface area (Å²) in [6, 6.07) is 4.04. The van der Waals surface area contributed by atoms with Crippen molar-refractivity contribution >= 4 is 27.3 Å². The molecule has 4 heteroatoms. The van der Waals surface area contributed by atoms with Gasteiger partial charge in [-0.25, -0.2) is 0 Å². The van der Waals surface area contributed by atoms with E-state index in [0.29, 0.717) is 13.0 Å². The van der Waals surface area contributed by atoms with Gasteiger partial charge >= 0.3 is 0 Å². The third-order valence-electron chi connectivity index (χ3n) is 1.72. The maximum Gasteiger partial charge on any atom is 0.0701 e. The molecular formula is C9H13BrO2S. The molecule has 0 spiro atoms. The van der Waals surface area contributed by atoms with E-state index in [9.17, 15) is 5.11 Å². The van der Waals surface area contributed by atoms with Gasteiger partial charge in [-0.05, 0) is 34.5 Å². The zero-order valence-corrected chi connectivity index (χ0v) is 9.90. The van der Waals surface area contributed by atoms with Gasteiger partial charge in [0, 0.05) is 25.0 Å². The van der Waals surface area contributed by atoms with Crippen molar-refractivity contribution in [3.63, 3.8) is 0 Å². The van der Waals surface area contributed by atoms with Crippen LogP contribution in [0.5, 0.6) is 0 Å². The van der Waals surface area contributed by atoms with Crippen LogP contribution >= 0.6 is 27.3 Å². The highest BCUT2D eigenvalue weighted by Gasteiger charge is 2.06. The second kappa shape index (κ2) is 5.75. The van der Waals surface area contributed by atoms with Gasteiger partial charge in [-0.15, -0.1) is 11.3 Å². The minimum atomic E-state index is -0.287. The van der Waals surface area contributed by atoms with Gasteiger partial charge in [-0.1, -0.05) is 0 Å². The summed E-state index contributed by atoms with van der Waals surface area (Å²) in [5.74, 6) is 0. The molecule has 13 heavy (non-hydrogen) atoms. The SMILES string of the molecule is COCCC(O)Cc1ccc(Br)s1. The van der Waals surface area contributed by atoms with Gasteiger partial charge in [0.15, 0.2) is 0 Å². The van der Waals surface area contributed by atoms with Gasteiger partial charge < -0.3 is 9.84 Å². The molecule has 0 saturated heterocycles. The lowest BCUT2D eigenvalue weighted by Crippen LogP contribution is -2.12. The number of halogens is 1. The molecule has 0 aliphatic carbocycles. The Morgan fingerprint density at radius 2 is 2.38 bits per heavy atom. The van der Waals surface area contributed by atoms with E-state index in [-0.39, 0.29) is 6.10 Å². The molecule has 1 heterocycles. The lowest BCUT2D eigenvalue weighted by Gasteiger charge is -2.07. The van der Waals surface area contributed by atoms with E-state index in [1.165, 1.54) is 4.88 Å². The lowest BCUT2D eigenvalue weighted by atomic mass is 10.2. The van der Waals surface area contributed by atoms with Crippen molar-refractivity contribution < 1.29 is 9.84 Å². The van der Waals surface area contributed by atoms with Crippen LogP contribution in [0.4, 0.5) is 0 Å². The van der Waals surface area contributed by atoms with E-state index >= 15 is 0 Å². The number of hydrogen-bond donors (Lipinski definition) is 1. The zero-order chi connectivity index (χ0) is 9.68. The van der Waals surface area contributed by atoms with Crippen LogP contribution in [0, 0.1) is 0 Å². The molecule has 74 valence electrons. The molecule has 0 amide bonds. The first kappa shape index (κ1) is 11.2. The highest BCUT2D eigenvalue weighted by Crippen LogP contribution is 2.23. The van der Waals surface area contributed by atoms with Crippen LogP contribution in [-0.2, 0) is 11.2 Å². The molecule has 0 aliphatic rings. The summed E-state index contributed by atoms with van der Waals surface area (Å²) < 4.78 is 6.00. The van der Waals surface area contributed by atoms with Crippen LogP contribution in [0.3, 0.4) is 0 Å². The molecule has 1 aromatic rings. The number of aliphatic hydroxyl groups is 1. The molecule has 2 nitrogen and oxygen atoms in total. The summed E-state index contributed by atoms with van der Waals surface area (Å²) in [6.07, 6.45) is 1.14. The number of ether oxygens (including phenoxy) is 1. The molecule has 1 unspecified atom stereocenters. The standard InChI is InChI=1S/C9H13BrO2S/c1-12-5-4-7(11)6-8-2-3-9(10)13-8/h2-3,7,11H,4-6H2,1H3. The second-order valence-corrected chi connectivity index (χ2v) is 5.39. The number of rotatable bonds is 5. The van der Waals surface area contributed by atoms with Crippen molar-refractivity contribution in [3.05, 3.63) is 20.8 Å². The monoisotopic (exact) mass is 264 g/mol. The van der Waals surface area contributed by atoms with E-state index < -0.39 is 0 Å². The van der Waals surface area contributed by atoms with Crippen LogP contribution < -0.4 is 0 Å². The van der Waals surface area contributed by atoms with Crippen LogP contribution in [0.15, 0.2) is 15.9 Å². The van der Waals surface area contributed by atoms with Gasteiger partial charge in [0.25, 0.3) is 0 Å². The summed E-state index contributed by atoms with van der Waals surface area (Å²) in [4.78, 5) is 1.20. The van der Waals surface area contributed by atoms with Gasteiger partial charge in [-0.2, -0.15) is 0 Å². The van der Waals surface area contributed by atoms with Crippen molar-refractivity contribution in [3.8, 4) is 0 Å². The fourth-order valence-electron chi connectivity index (χ4n) is 1.05. The summed E-state index contributed by atoms with van der Waals surface area (Å²) in [7, 11) is 1.65. The van der Waals surface area contributed by atoms with Crippen molar-refractivity contribution in [1.82, 2.24) is 0 Å². The first-order chi connectivity index (χ1) is 6.22. The summed E-state index contributed by atoms with van der Waals surface area (Å²) >= 11 is 5.05. The maximum absolute atomic E-state index is 9.55. The second-order valence-electron chi connectivity index (χ2n) is 2.85. The quantitative estimate of drug-likeness (QED) is 0.886. The molecule has 0 aliphatic heterocycles. The molecule has 0 fully saturated rings. The summed E-state index contributed by atoms with van der Waals surface area (Å²) in [5, 5.41) is 9.55. The fourth-order valence-corrected chi connectivity index (χ4v) is 2.60. The predicted octanol–water partition coefficient (Wildman–Crippen LogP) is 2.45. The van der Waals surface area contributed by atoms with Gasteiger partial charge in [0.2, 0.25) is 0 Å². The number of aliphatic hydroxyl groups excluding tert-OH is 1. The number of hydrogen-bond acceptors (Lipinski definition) is 3. The van der Waals surface area contributed by atoms with Crippen LogP contribution in [0.1, 0.15) is 11.3 Å². The highest BCUT2D eigenvalue weighted by molar-refractivity contribution is 9.11. The first-order valence-electron chi connectivity index (χ1n) is 4.13. The molecule has 0 saturated carbocycles. The Labute approximate surface area is 90.7 Å². The van der Waals surface area contributed by atoms with Gasteiger partial charge in [0.1, 0.15) is 0 Å². The molecule has 1 aromatic heterocycles.